The SMILES string of the molecule is Cc1cccc(C)c1-c1cnc2c3[c-]cccc3c3cc(Cc4ccccc4)ccc3n12.[Ir]. The number of aromatic nitrogens is 2. The Hall–Kier alpha value is -3.26. The first-order valence-corrected chi connectivity index (χ1v) is 11.0. The number of aryl methyl sites for hydroxylation is 2. The number of hydrogen-bond donors (Lipinski definition) is 0. The van der Waals surface area contributed by atoms with Gasteiger partial charge in [0.05, 0.1) is 11.3 Å². The summed E-state index contributed by atoms with van der Waals surface area (Å²) in [6.07, 6.45) is 2.93. The molecule has 0 aliphatic heterocycles. The number of nitrogens with zero attached hydrogens (tertiary/aromatic N) is 2. The molecule has 6 aromatic rings. The molecule has 0 saturated heterocycles. The van der Waals surface area contributed by atoms with E-state index in [4.69, 9.17) is 4.98 Å². The van der Waals surface area contributed by atoms with E-state index in [9.17, 15) is 0 Å². The van der Waals surface area contributed by atoms with Crippen LogP contribution in [0.3, 0.4) is 0 Å². The number of benzene rings is 4. The smallest absolute Gasteiger partial charge is 0.0639 e. The van der Waals surface area contributed by atoms with Crippen molar-refractivity contribution < 1.29 is 20.1 Å². The van der Waals surface area contributed by atoms with Crippen LogP contribution < -0.4 is 0 Å². The Bertz CT molecular complexity index is 1590. The molecule has 0 amide bonds. The fraction of sp³-hybridized carbons (Fsp3) is 0.100. The van der Waals surface area contributed by atoms with Gasteiger partial charge >= 0.3 is 0 Å². The van der Waals surface area contributed by atoms with E-state index >= 15 is 0 Å². The standard InChI is InChI=1S/C30H23N2.Ir/c1-20-9-8-10-21(2)29(20)28-19-31-30-25-14-7-6-13-24(25)26-18-23(15-16-27(26)32(28)30)17-22-11-4-3-5-12-22;/h3-13,15-16,18-19H,17H2,1-2H3;/q-1;. The summed E-state index contributed by atoms with van der Waals surface area (Å²) in [6, 6.07) is 33.7. The van der Waals surface area contributed by atoms with Crippen molar-refractivity contribution in [1.82, 2.24) is 9.38 Å². The molecule has 0 atom stereocenters. The van der Waals surface area contributed by atoms with Crippen LogP contribution in [-0.4, -0.2) is 9.38 Å². The molecule has 2 heterocycles. The van der Waals surface area contributed by atoms with E-state index in [1.165, 1.54) is 44.1 Å². The molecule has 0 saturated carbocycles. The third-order valence-electron chi connectivity index (χ3n) is 6.42. The van der Waals surface area contributed by atoms with Crippen LogP contribution in [-0.2, 0) is 26.5 Å². The maximum absolute atomic E-state index is 4.88. The Balaban J connectivity index is 0.00000228. The summed E-state index contributed by atoms with van der Waals surface area (Å²) in [6.45, 7) is 4.35. The Morgan fingerprint density at radius 1 is 0.788 bits per heavy atom. The van der Waals surface area contributed by atoms with Gasteiger partial charge in [0, 0.05) is 37.4 Å². The first-order chi connectivity index (χ1) is 15.7. The second kappa shape index (κ2) is 8.59. The van der Waals surface area contributed by atoms with E-state index in [1.54, 1.807) is 0 Å². The fourth-order valence-electron chi connectivity index (χ4n) is 4.95. The Kier molecular flexibility index (Phi) is 5.62. The minimum atomic E-state index is 0. The van der Waals surface area contributed by atoms with Crippen molar-refractivity contribution in [3.63, 3.8) is 0 Å². The zero-order chi connectivity index (χ0) is 21.7. The molecule has 2 nitrogen and oxygen atoms in total. The van der Waals surface area contributed by atoms with Crippen LogP contribution in [0.25, 0.3) is 38.6 Å². The first kappa shape index (κ1) is 21.6. The summed E-state index contributed by atoms with van der Waals surface area (Å²) in [4.78, 5) is 4.88. The van der Waals surface area contributed by atoms with E-state index < -0.39 is 0 Å². The molecule has 3 heteroatoms. The molecule has 0 aliphatic rings. The van der Waals surface area contributed by atoms with Gasteiger partial charge in [-0.05, 0) is 54.0 Å². The number of pyridine rings is 1. The molecule has 0 unspecified atom stereocenters. The van der Waals surface area contributed by atoms with Crippen molar-refractivity contribution in [3.05, 3.63) is 119 Å². The summed E-state index contributed by atoms with van der Waals surface area (Å²) in [5, 5.41) is 3.50. The number of fused-ring (bicyclic) bond motifs is 6. The topological polar surface area (TPSA) is 17.3 Å². The summed E-state index contributed by atoms with van der Waals surface area (Å²) in [5.74, 6) is 0. The molecule has 1 radical (unpaired) electrons. The van der Waals surface area contributed by atoms with E-state index in [1.807, 2.05) is 12.3 Å². The molecule has 0 N–H and O–H groups in total. The van der Waals surface area contributed by atoms with Gasteiger partial charge in [-0.3, -0.25) is 4.98 Å². The van der Waals surface area contributed by atoms with Crippen LogP contribution in [0.4, 0.5) is 0 Å². The van der Waals surface area contributed by atoms with Crippen molar-refractivity contribution >= 4 is 27.3 Å². The largest absolute Gasteiger partial charge is 0.333 e. The minimum Gasteiger partial charge on any atom is -0.333 e. The van der Waals surface area contributed by atoms with Crippen molar-refractivity contribution in [2.75, 3.05) is 0 Å². The van der Waals surface area contributed by atoms with Gasteiger partial charge in [-0.15, -0.1) is 29.7 Å². The van der Waals surface area contributed by atoms with Crippen molar-refractivity contribution in [3.8, 4) is 11.3 Å². The van der Waals surface area contributed by atoms with Gasteiger partial charge < -0.3 is 4.40 Å². The maximum Gasteiger partial charge on any atom is 0.0639 e. The molecule has 4 aromatic carbocycles. The monoisotopic (exact) mass is 604 g/mol. The normalized spacial score (nSPS) is 11.2. The molecule has 2 aromatic heterocycles. The van der Waals surface area contributed by atoms with Gasteiger partial charge in [0.2, 0.25) is 0 Å². The third kappa shape index (κ3) is 3.58. The van der Waals surface area contributed by atoms with E-state index in [0.717, 1.165) is 23.1 Å². The molecule has 33 heavy (non-hydrogen) atoms. The van der Waals surface area contributed by atoms with Crippen LogP contribution in [0.1, 0.15) is 22.3 Å². The van der Waals surface area contributed by atoms with E-state index in [0.29, 0.717) is 0 Å². The van der Waals surface area contributed by atoms with Crippen molar-refractivity contribution in [1.29, 1.82) is 0 Å². The maximum atomic E-state index is 4.88. The summed E-state index contributed by atoms with van der Waals surface area (Å²) < 4.78 is 2.32. The van der Waals surface area contributed by atoms with Gasteiger partial charge in [0.15, 0.2) is 0 Å². The van der Waals surface area contributed by atoms with Crippen molar-refractivity contribution in [2.45, 2.75) is 20.3 Å². The van der Waals surface area contributed by atoms with Crippen LogP contribution >= 0.6 is 0 Å². The molecular formula is C30H23IrN2-. The Morgan fingerprint density at radius 2 is 1.58 bits per heavy atom. The third-order valence-corrected chi connectivity index (χ3v) is 6.42. The zero-order valence-electron chi connectivity index (χ0n) is 18.6. The summed E-state index contributed by atoms with van der Waals surface area (Å²) >= 11 is 0. The van der Waals surface area contributed by atoms with Gasteiger partial charge in [-0.25, -0.2) is 0 Å². The molecular weight excluding hydrogens is 581 g/mol. The van der Waals surface area contributed by atoms with Gasteiger partial charge in [-0.1, -0.05) is 66.0 Å². The Labute approximate surface area is 207 Å². The van der Waals surface area contributed by atoms with Gasteiger partial charge in [-0.2, -0.15) is 0 Å². The second-order valence-corrected chi connectivity index (χ2v) is 8.54. The van der Waals surface area contributed by atoms with Crippen molar-refractivity contribution in [2.24, 2.45) is 0 Å². The van der Waals surface area contributed by atoms with Crippen LogP contribution in [0.5, 0.6) is 0 Å². The quantitative estimate of drug-likeness (QED) is 0.153. The zero-order valence-corrected chi connectivity index (χ0v) is 21.0. The van der Waals surface area contributed by atoms with E-state index in [2.05, 4.69) is 103 Å². The number of imidazole rings is 1. The van der Waals surface area contributed by atoms with Crippen LogP contribution in [0.15, 0.2) is 91.1 Å². The average molecular weight is 604 g/mol. The predicted octanol–water partition coefficient (Wildman–Crippen LogP) is 7.31. The molecule has 0 aliphatic carbocycles. The molecule has 0 fully saturated rings. The molecule has 6 rings (SSSR count). The molecule has 0 spiro atoms. The van der Waals surface area contributed by atoms with Gasteiger partial charge in [0.25, 0.3) is 0 Å². The first-order valence-electron chi connectivity index (χ1n) is 11.0. The predicted molar refractivity (Wildman–Crippen MR) is 133 cm³/mol. The van der Waals surface area contributed by atoms with E-state index in [-0.39, 0.29) is 20.1 Å². The molecule has 0 bridgehead atoms. The number of hydrogen-bond acceptors (Lipinski definition) is 1. The summed E-state index contributed by atoms with van der Waals surface area (Å²) in [7, 11) is 0. The minimum absolute atomic E-state index is 0. The fourth-order valence-corrected chi connectivity index (χ4v) is 4.95. The second-order valence-electron chi connectivity index (χ2n) is 8.54. The Morgan fingerprint density at radius 3 is 2.36 bits per heavy atom. The molecule has 163 valence electrons. The average Bonchev–Trinajstić information content (AvgIpc) is 3.25. The summed E-state index contributed by atoms with van der Waals surface area (Å²) in [5.41, 5.74) is 9.68. The van der Waals surface area contributed by atoms with Gasteiger partial charge in [0.1, 0.15) is 0 Å². The number of rotatable bonds is 3. The van der Waals surface area contributed by atoms with Crippen LogP contribution in [0, 0.1) is 19.9 Å². The van der Waals surface area contributed by atoms with Crippen LogP contribution in [0.2, 0.25) is 0 Å².